The third-order valence-corrected chi connectivity index (χ3v) is 6.31. The summed E-state index contributed by atoms with van der Waals surface area (Å²) in [6, 6.07) is 20.7. The van der Waals surface area contributed by atoms with Crippen LogP contribution in [-0.4, -0.2) is 16.3 Å². The van der Waals surface area contributed by atoms with Crippen LogP contribution in [0, 0.1) is 6.92 Å². The van der Waals surface area contributed by atoms with Crippen molar-refractivity contribution >= 4 is 75.3 Å². The predicted octanol–water partition coefficient (Wildman–Crippen LogP) is 7.23. The van der Waals surface area contributed by atoms with Crippen molar-refractivity contribution < 1.29 is 4.79 Å². The van der Waals surface area contributed by atoms with Crippen molar-refractivity contribution in [2.75, 3.05) is 16.0 Å². The fraction of sp³-hybridized carbons (Fsp3) is 0.130. The largest absolute Gasteiger partial charge is 0.332 e. The van der Waals surface area contributed by atoms with Crippen LogP contribution in [0.15, 0.2) is 71.6 Å². The van der Waals surface area contributed by atoms with Crippen LogP contribution in [0.3, 0.4) is 0 Å². The van der Waals surface area contributed by atoms with Gasteiger partial charge in [0.2, 0.25) is 5.91 Å². The lowest BCUT2D eigenvalue weighted by Gasteiger charge is -2.14. The Morgan fingerprint density at radius 3 is 2.23 bits per heavy atom. The van der Waals surface area contributed by atoms with E-state index < -0.39 is 0 Å². The molecular weight excluding hydrogens is 469 g/mol. The molecule has 0 aliphatic carbocycles. The molecule has 0 saturated heterocycles. The molecule has 3 aromatic rings. The average molecular weight is 490 g/mol. The second-order valence-electron chi connectivity index (χ2n) is 6.85. The van der Waals surface area contributed by atoms with Gasteiger partial charge in [0.25, 0.3) is 0 Å². The number of benzene rings is 3. The summed E-state index contributed by atoms with van der Waals surface area (Å²) in [7, 11) is 0. The van der Waals surface area contributed by atoms with Gasteiger partial charge >= 0.3 is 0 Å². The molecule has 160 valence electrons. The molecule has 3 aromatic carbocycles. The quantitative estimate of drug-likeness (QED) is 0.251. The van der Waals surface area contributed by atoms with Crippen molar-refractivity contribution in [2.45, 2.75) is 24.0 Å². The summed E-state index contributed by atoms with van der Waals surface area (Å²) in [5.41, 5.74) is 3.55. The van der Waals surface area contributed by atoms with Crippen molar-refractivity contribution in [1.82, 2.24) is 0 Å². The predicted molar refractivity (Wildman–Crippen MR) is 138 cm³/mol. The fourth-order valence-corrected chi connectivity index (χ4v) is 4.11. The maximum atomic E-state index is 12.5. The van der Waals surface area contributed by atoms with Gasteiger partial charge < -0.3 is 16.0 Å². The Balaban J connectivity index is 1.57. The van der Waals surface area contributed by atoms with Crippen molar-refractivity contribution in [1.29, 1.82) is 0 Å². The number of hydrogen-bond donors (Lipinski definition) is 3. The van der Waals surface area contributed by atoms with Gasteiger partial charge in [-0.15, -0.1) is 11.8 Å². The molecule has 0 heterocycles. The smallest absolute Gasteiger partial charge is 0.237 e. The van der Waals surface area contributed by atoms with Gasteiger partial charge in [0, 0.05) is 22.0 Å². The maximum Gasteiger partial charge on any atom is 0.237 e. The highest BCUT2D eigenvalue weighted by Crippen LogP contribution is 2.28. The molecular formula is C23H21Cl2N3OS2. The summed E-state index contributed by atoms with van der Waals surface area (Å²) in [6.07, 6.45) is 0. The summed E-state index contributed by atoms with van der Waals surface area (Å²) in [5.74, 6) is -0.127. The van der Waals surface area contributed by atoms with Gasteiger partial charge in [0.1, 0.15) is 0 Å². The molecule has 1 unspecified atom stereocenters. The Labute approximate surface area is 201 Å². The van der Waals surface area contributed by atoms with Crippen molar-refractivity contribution in [3.05, 3.63) is 82.3 Å². The van der Waals surface area contributed by atoms with E-state index in [-0.39, 0.29) is 11.2 Å². The number of rotatable bonds is 6. The number of carbonyl (C=O) groups is 1. The van der Waals surface area contributed by atoms with Crippen molar-refractivity contribution in [3.8, 4) is 0 Å². The first-order valence-corrected chi connectivity index (χ1v) is 11.5. The van der Waals surface area contributed by atoms with Gasteiger partial charge in [0.05, 0.1) is 15.3 Å². The van der Waals surface area contributed by atoms with Gasteiger partial charge in [-0.1, -0.05) is 47.0 Å². The second-order valence-corrected chi connectivity index (χ2v) is 9.49. The Bertz CT molecular complexity index is 1090. The van der Waals surface area contributed by atoms with E-state index in [0.29, 0.717) is 20.8 Å². The third kappa shape index (κ3) is 7.14. The number of thioether (sulfide) groups is 1. The molecule has 8 heteroatoms. The number of aryl methyl sites for hydroxylation is 1. The number of thiocarbonyl (C=S) groups is 1. The fourth-order valence-electron chi connectivity index (χ4n) is 2.65. The monoisotopic (exact) mass is 489 g/mol. The van der Waals surface area contributed by atoms with E-state index in [4.69, 9.17) is 35.4 Å². The maximum absolute atomic E-state index is 12.5. The molecule has 3 rings (SSSR count). The van der Waals surface area contributed by atoms with Gasteiger partial charge in [-0.25, -0.2) is 0 Å². The number of carbonyl (C=O) groups excluding carboxylic acids is 1. The standard InChI is InChI=1S/C23H21Cl2N3OS2/c1-14-6-8-16(9-7-14)27-23(30)28-17-4-3-5-19(12-17)31-15(2)22(29)26-18-10-11-20(24)21(25)13-18/h3-13,15H,1-2H3,(H,26,29)(H2,27,28,30). The zero-order valence-electron chi connectivity index (χ0n) is 16.9. The molecule has 0 aliphatic rings. The Morgan fingerprint density at radius 2 is 1.52 bits per heavy atom. The van der Waals surface area contributed by atoms with E-state index in [0.717, 1.165) is 16.3 Å². The number of anilines is 3. The Morgan fingerprint density at radius 1 is 0.871 bits per heavy atom. The minimum absolute atomic E-state index is 0.127. The Hall–Kier alpha value is -2.25. The normalized spacial score (nSPS) is 11.5. The summed E-state index contributed by atoms with van der Waals surface area (Å²) >= 11 is 18.8. The third-order valence-electron chi connectivity index (χ3n) is 4.27. The molecule has 0 spiro atoms. The summed E-state index contributed by atoms with van der Waals surface area (Å²) in [6.45, 7) is 3.89. The first kappa shape index (κ1) is 23.4. The molecule has 0 radical (unpaired) electrons. The molecule has 0 bridgehead atoms. The Kier molecular flexibility index (Phi) is 8.21. The van der Waals surface area contributed by atoms with E-state index in [9.17, 15) is 4.79 Å². The highest BCUT2D eigenvalue weighted by atomic mass is 35.5. The van der Waals surface area contributed by atoms with Crippen LogP contribution in [0.25, 0.3) is 0 Å². The second kappa shape index (κ2) is 10.9. The van der Waals surface area contributed by atoms with Crippen molar-refractivity contribution in [2.24, 2.45) is 0 Å². The lowest BCUT2D eigenvalue weighted by Crippen LogP contribution is -2.22. The van der Waals surface area contributed by atoms with Crippen LogP contribution in [0.1, 0.15) is 12.5 Å². The molecule has 0 aromatic heterocycles. The van der Waals surface area contributed by atoms with E-state index in [2.05, 4.69) is 16.0 Å². The highest BCUT2D eigenvalue weighted by Gasteiger charge is 2.15. The molecule has 0 saturated carbocycles. The molecule has 1 atom stereocenters. The summed E-state index contributed by atoms with van der Waals surface area (Å²) in [4.78, 5) is 13.5. The van der Waals surface area contributed by atoms with Crippen LogP contribution in [0.4, 0.5) is 17.1 Å². The molecule has 3 N–H and O–H groups in total. The first-order valence-electron chi connectivity index (χ1n) is 9.47. The number of hydrogen-bond acceptors (Lipinski definition) is 3. The SMILES string of the molecule is Cc1ccc(NC(=S)Nc2cccc(SC(C)C(=O)Nc3ccc(Cl)c(Cl)c3)c2)cc1. The van der Waals surface area contributed by atoms with Crippen molar-refractivity contribution in [3.63, 3.8) is 0 Å². The van der Waals surface area contributed by atoms with Crippen LogP contribution >= 0.6 is 47.2 Å². The molecule has 0 aliphatic heterocycles. The number of nitrogens with one attached hydrogen (secondary N) is 3. The van der Waals surface area contributed by atoms with Crippen LogP contribution in [-0.2, 0) is 4.79 Å². The van der Waals surface area contributed by atoms with Gasteiger partial charge in [-0.05, 0) is 74.6 Å². The van der Waals surface area contributed by atoms with Crippen LogP contribution < -0.4 is 16.0 Å². The van der Waals surface area contributed by atoms with E-state index >= 15 is 0 Å². The van der Waals surface area contributed by atoms with E-state index in [1.165, 1.54) is 17.3 Å². The zero-order valence-corrected chi connectivity index (χ0v) is 20.1. The van der Waals surface area contributed by atoms with Gasteiger partial charge in [-0.2, -0.15) is 0 Å². The zero-order chi connectivity index (χ0) is 22.4. The molecule has 1 amide bonds. The lowest BCUT2D eigenvalue weighted by molar-refractivity contribution is -0.115. The number of amides is 1. The van der Waals surface area contributed by atoms with Gasteiger partial charge in [0.15, 0.2) is 5.11 Å². The minimum Gasteiger partial charge on any atom is -0.332 e. The first-order chi connectivity index (χ1) is 14.8. The molecule has 31 heavy (non-hydrogen) atoms. The minimum atomic E-state index is -0.317. The average Bonchev–Trinajstić information content (AvgIpc) is 2.72. The van der Waals surface area contributed by atoms with Gasteiger partial charge in [-0.3, -0.25) is 4.79 Å². The van der Waals surface area contributed by atoms with E-state index in [1.807, 2.05) is 62.4 Å². The molecule has 0 fully saturated rings. The van der Waals surface area contributed by atoms with E-state index in [1.54, 1.807) is 18.2 Å². The van der Waals surface area contributed by atoms with Crippen LogP contribution in [0.5, 0.6) is 0 Å². The lowest BCUT2D eigenvalue weighted by atomic mass is 10.2. The van der Waals surface area contributed by atoms with Crippen LogP contribution in [0.2, 0.25) is 10.0 Å². The topological polar surface area (TPSA) is 53.2 Å². The highest BCUT2D eigenvalue weighted by molar-refractivity contribution is 8.00. The summed E-state index contributed by atoms with van der Waals surface area (Å²) < 4.78 is 0. The molecule has 4 nitrogen and oxygen atoms in total. The summed E-state index contributed by atoms with van der Waals surface area (Å²) in [5, 5.41) is 10.2. The number of halogens is 2.